The molecule has 1 aliphatic heterocycles. The Labute approximate surface area is 90.4 Å². The maximum Gasteiger partial charge on any atom is 0.0588 e. The number of aromatic amines is 1. The van der Waals surface area contributed by atoms with Crippen molar-refractivity contribution in [2.45, 2.75) is 38.8 Å². The number of H-pyrrole nitrogens is 1. The lowest BCUT2D eigenvalue weighted by molar-refractivity contribution is 0.104. The molecular weight excluding hydrogens is 190 g/mol. The van der Waals surface area contributed by atoms with Crippen LogP contribution in [0, 0.1) is 6.92 Å². The molecule has 1 aromatic heterocycles. The molecule has 1 atom stereocenters. The van der Waals surface area contributed by atoms with Gasteiger partial charge in [0, 0.05) is 24.4 Å². The first kappa shape index (κ1) is 10.6. The molecule has 0 amide bonds. The van der Waals surface area contributed by atoms with Crippen LogP contribution in [0.5, 0.6) is 0 Å². The van der Waals surface area contributed by atoms with Crippen molar-refractivity contribution in [1.82, 2.24) is 15.5 Å². The number of aryl methyl sites for hydroxylation is 1. The monoisotopic (exact) mass is 209 g/mol. The highest BCUT2D eigenvalue weighted by Crippen LogP contribution is 2.14. The Hall–Kier alpha value is -0.870. The number of ether oxygens (including phenoxy) is 1. The average Bonchev–Trinajstić information content (AvgIpc) is 2.85. The molecular formula is C11H19N3O. The van der Waals surface area contributed by atoms with E-state index in [-0.39, 0.29) is 0 Å². The molecule has 1 aliphatic rings. The van der Waals surface area contributed by atoms with Gasteiger partial charge in [-0.3, -0.25) is 5.10 Å². The van der Waals surface area contributed by atoms with Gasteiger partial charge in [0.2, 0.25) is 0 Å². The minimum absolute atomic E-state index is 0.489. The van der Waals surface area contributed by atoms with Crippen molar-refractivity contribution in [1.29, 1.82) is 0 Å². The Balaban J connectivity index is 1.60. The fraction of sp³-hybridized carbons (Fsp3) is 0.727. The summed E-state index contributed by atoms with van der Waals surface area (Å²) in [5, 5.41) is 10.3. The van der Waals surface area contributed by atoms with Crippen molar-refractivity contribution in [3.8, 4) is 0 Å². The summed E-state index contributed by atoms with van der Waals surface area (Å²) in [6.07, 6.45) is 5.95. The second-order valence-corrected chi connectivity index (χ2v) is 4.12. The summed E-state index contributed by atoms with van der Waals surface area (Å²) < 4.78 is 5.56. The minimum atomic E-state index is 0.489. The first-order chi connectivity index (χ1) is 7.36. The predicted octanol–water partition coefficient (Wildman–Crippen LogP) is 1.38. The highest BCUT2D eigenvalue weighted by molar-refractivity contribution is 5.13. The maximum atomic E-state index is 5.56. The topological polar surface area (TPSA) is 49.9 Å². The van der Waals surface area contributed by atoms with Gasteiger partial charge in [-0.05, 0) is 32.7 Å². The molecule has 1 saturated heterocycles. The third-order valence-electron chi connectivity index (χ3n) is 2.92. The number of aromatic nitrogens is 2. The first-order valence-electron chi connectivity index (χ1n) is 5.67. The van der Waals surface area contributed by atoms with Crippen molar-refractivity contribution in [3.63, 3.8) is 0 Å². The zero-order chi connectivity index (χ0) is 10.5. The normalized spacial score (nSPS) is 21.0. The highest BCUT2D eigenvalue weighted by Gasteiger charge is 2.14. The zero-order valence-electron chi connectivity index (χ0n) is 9.25. The Morgan fingerprint density at radius 2 is 2.60 bits per heavy atom. The number of hydrogen-bond donors (Lipinski definition) is 2. The molecule has 1 aromatic rings. The van der Waals surface area contributed by atoms with Crippen LogP contribution < -0.4 is 5.32 Å². The second kappa shape index (κ2) is 5.28. The van der Waals surface area contributed by atoms with E-state index in [2.05, 4.69) is 15.5 Å². The van der Waals surface area contributed by atoms with Crippen LogP contribution in [0.25, 0.3) is 0 Å². The lowest BCUT2D eigenvalue weighted by Gasteiger charge is -2.09. The summed E-state index contributed by atoms with van der Waals surface area (Å²) in [5.41, 5.74) is 2.40. The van der Waals surface area contributed by atoms with Crippen LogP contribution >= 0.6 is 0 Å². The Kier molecular flexibility index (Phi) is 3.75. The Morgan fingerprint density at radius 3 is 3.27 bits per heavy atom. The van der Waals surface area contributed by atoms with Crippen LogP contribution in [0.1, 0.15) is 30.5 Å². The minimum Gasteiger partial charge on any atom is -0.378 e. The lowest BCUT2D eigenvalue weighted by atomic mass is 10.2. The van der Waals surface area contributed by atoms with Gasteiger partial charge in [0.25, 0.3) is 0 Å². The van der Waals surface area contributed by atoms with Crippen LogP contribution in [0.15, 0.2) is 6.20 Å². The van der Waals surface area contributed by atoms with E-state index in [0.717, 1.165) is 31.8 Å². The van der Waals surface area contributed by atoms with E-state index in [9.17, 15) is 0 Å². The molecule has 0 aromatic carbocycles. The summed E-state index contributed by atoms with van der Waals surface area (Å²) in [5.74, 6) is 0. The third-order valence-corrected chi connectivity index (χ3v) is 2.92. The molecule has 15 heavy (non-hydrogen) atoms. The van der Waals surface area contributed by atoms with Crippen LogP contribution in [-0.4, -0.2) is 29.5 Å². The maximum absolute atomic E-state index is 5.56. The van der Waals surface area contributed by atoms with Gasteiger partial charge in [0.05, 0.1) is 12.3 Å². The van der Waals surface area contributed by atoms with Gasteiger partial charge in [0.15, 0.2) is 0 Å². The molecule has 4 heteroatoms. The highest BCUT2D eigenvalue weighted by atomic mass is 16.5. The zero-order valence-corrected chi connectivity index (χ0v) is 9.25. The molecule has 2 N–H and O–H groups in total. The molecule has 2 rings (SSSR count). The number of hydrogen-bond acceptors (Lipinski definition) is 3. The van der Waals surface area contributed by atoms with Crippen molar-refractivity contribution < 1.29 is 4.74 Å². The van der Waals surface area contributed by atoms with Gasteiger partial charge in [-0.25, -0.2) is 0 Å². The van der Waals surface area contributed by atoms with E-state index in [1.54, 1.807) is 0 Å². The van der Waals surface area contributed by atoms with E-state index >= 15 is 0 Å². The van der Waals surface area contributed by atoms with E-state index in [0.29, 0.717) is 6.10 Å². The van der Waals surface area contributed by atoms with Gasteiger partial charge in [-0.1, -0.05) is 0 Å². The molecule has 0 spiro atoms. The van der Waals surface area contributed by atoms with E-state index in [1.165, 1.54) is 18.4 Å². The van der Waals surface area contributed by atoms with Crippen LogP contribution in [0.4, 0.5) is 0 Å². The number of nitrogens with zero attached hydrogens (tertiary/aromatic N) is 1. The number of nitrogens with one attached hydrogen (secondary N) is 2. The van der Waals surface area contributed by atoms with Crippen LogP contribution in [0.2, 0.25) is 0 Å². The molecule has 4 nitrogen and oxygen atoms in total. The summed E-state index contributed by atoms with van der Waals surface area (Å²) in [7, 11) is 0. The number of rotatable bonds is 5. The average molecular weight is 209 g/mol. The summed E-state index contributed by atoms with van der Waals surface area (Å²) in [4.78, 5) is 0. The van der Waals surface area contributed by atoms with Crippen molar-refractivity contribution in [3.05, 3.63) is 17.5 Å². The standard InChI is InChI=1S/C11H19N3O/c1-9-10(8-13-14-9)7-12-5-4-11-3-2-6-15-11/h8,11-12H,2-7H2,1H3,(H,13,14)/t11-/m0/s1. The Morgan fingerprint density at radius 1 is 1.67 bits per heavy atom. The van der Waals surface area contributed by atoms with Gasteiger partial charge in [-0.2, -0.15) is 5.10 Å². The first-order valence-corrected chi connectivity index (χ1v) is 5.67. The molecule has 0 unspecified atom stereocenters. The largest absolute Gasteiger partial charge is 0.378 e. The predicted molar refractivity (Wildman–Crippen MR) is 58.6 cm³/mol. The quantitative estimate of drug-likeness (QED) is 0.720. The van der Waals surface area contributed by atoms with Crippen molar-refractivity contribution >= 4 is 0 Å². The molecule has 2 heterocycles. The molecule has 84 valence electrons. The van der Waals surface area contributed by atoms with E-state index in [4.69, 9.17) is 4.74 Å². The van der Waals surface area contributed by atoms with E-state index in [1.807, 2.05) is 13.1 Å². The van der Waals surface area contributed by atoms with Crippen molar-refractivity contribution in [2.75, 3.05) is 13.2 Å². The van der Waals surface area contributed by atoms with Gasteiger partial charge in [-0.15, -0.1) is 0 Å². The van der Waals surface area contributed by atoms with E-state index < -0.39 is 0 Å². The third kappa shape index (κ3) is 3.04. The molecule has 0 aliphatic carbocycles. The molecule has 0 bridgehead atoms. The summed E-state index contributed by atoms with van der Waals surface area (Å²) in [6, 6.07) is 0. The summed E-state index contributed by atoms with van der Waals surface area (Å²) >= 11 is 0. The van der Waals surface area contributed by atoms with Crippen molar-refractivity contribution in [2.24, 2.45) is 0 Å². The molecule has 0 radical (unpaired) electrons. The smallest absolute Gasteiger partial charge is 0.0588 e. The lowest BCUT2D eigenvalue weighted by Crippen LogP contribution is -2.19. The fourth-order valence-corrected chi connectivity index (χ4v) is 1.91. The fourth-order valence-electron chi connectivity index (χ4n) is 1.91. The van der Waals surface area contributed by atoms with Gasteiger partial charge >= 0.3 is 0 Å². The van der Waals surface area contributed by atoms with Crippen LogP contribution in [0.3, 0.4) is 0 Å². The van der Waals surface area contributed by atoms with Gasteiger partial charge < -0.3 is 10.1 Å². The Bertz CT molecular complexity index is 292. The SMILES string of the molecule is Cc1[nH]ncc1CNCC[C@@H]1CCCO1. The van der Waals surface area contributed by atoms with Crippen LogP contribution in [-0.2, 0) is 11.3 Å². The summed E-state index contributed by atoms with van der Waals surface area (Å²) in [6.45, 7) is 4.92. The molecule has 0 saturated carbocycles. The van der Waals surface area contributed by atoms with Gasteiger partial charge in [0.1, 0.15) is 0 Å². The molecule has 1 fully saturated rings. The second-order valence-electron chi connectivity index (χ2n) is 4.12.